The van der Waals surface area contributed by atoms with Crippen molar-refractivity contribution < 1.29 is 32.3 Å². The number of nitrogens with zero attached hydrogens (tertiary/aromatic N) is 3. The van der Waals surface area contributed by atoms with Gasteiger partial charge < -0.3 is 14.0 Å². The number of methoxy groups -OCH3 is 1. The summed E-state index contributed by atoms with van der Waals surface area (Å²) in [7, 11) is -2.55. The van der Waals surface area contributed by atoms with Crippen LogP contribution in [0.5, 0.6) is 0 Å². The SMILES string of the molecule is C=CCN(CC=C)S(=O)(=O)c1ccc(C(=O)N=c2sc3cc(C(=O)OC)ccc3n2CC(=O)OCC)cc1. The van der Waals surface area contributed by atoms with Crippen molar-refractivity contribution in [3.05, 3.63) is 83.7 Å². The van der Waals surface area contributed by atoms with Gasteiger partial charge >= 0.3 is 11.9 Å². The van der Waals surface area contributed by atoms with Crippen LogP contribution in [0, 0.1) is 0 Å². The minimum absolute atomic E-state index is 0.00678. The number of benzene rings is 2. The number of aromatic nitrogens is 1. The predicted molar refractivity (Wildman–Crippen MR) is 143 cm³/mol. The second-order valence-electron chi connectivity index (χ2n) is 7.79. The Morgan fingerprint density at radius 3 is 2.26 bits per heavy atom. The fourth-order valence-electron chi connectivity index (χ4n) is 3.52. The summed E-state index contributed by atoms with van der Waals surface area (Å²) >= 11 is 1.11. The molecule has 0 atom stereocenters. The van der Waals surface area contributed by atoms with E-state index < -0.39 is 27.9 Å². The highest BCUT2D eigenvalue weighted by molar-refractivity contribution is 7.89. The number of hydrogen-bond acceptors (Lipinski definition) is 8. The Bertz CT molecular complexity index is 1540. The number of rotatable bonds is 11. The van der Waals surface area contributed by atoms with E-state index in [-0.39, 0.29) is 41.5 Å². The van der Waals surface area contributed by atoms with Crippen LogP contribution < -0.4 is 4.80 Å². The maximum atomic E-state index is 13.0. The van der Waals surface area contributed by atoms with Crippen molar-refractivity contribution in [3.63, 3.8) is 0 Å². The smallest absolute Gasteiger partial charge is 0.337 e. The quantitative estimate of drug-likeness (QED) is 0.262. The first kappa shape index (κ1) is 28.7. The van der Waals surface area contributed by atoms with Crippen LogP contribution in [0.3, 0.4) is 0 Å². The van der Waals surface area contributed by atoms with Gasteiger partial charge in [0.2, 0.25) is 10.0 Å². The summed E-state index contributed by atoms with van der Waals surface area (Å²) in [5.41, 5.74) is 1.03. The zero-order valence-electron chi connectivity index (χ0n) is 21.0. The van der Waals surface area contributed by atoms with Gasteiger partial charge in [-0.25, -0.2) is 13.2 Å². The van der Waals surface area contributed by atoms with Gasteiger partial charge in [-0.15, -0.1) is 13.2 Å². The number of hydrogen-bond donors (Lipinski definition) is 0. The highest BCUT2D eigenvalue weighted by Gasteiger charge is 2.23. The molecule has 0 aliphatic rings. The number of amides is 1. The van der Waals surface area contributed by atoms with Crippen molar-refractivity contribution in [2.45, 2.75) is 18.4 Å². The molecule has 0 saturated heterocycles. The van der Waals surface area contributed by atoms with Crippen LogP contribution in [0.15, 0.2) is 77.7 Å². The Balaban J connectivity index is 2.02. The molecule has 1 aromatic heterocycles. The van der Waals surface area contributed by atoms with E-state index in [1.165, 1.54) is 52.4 Å². The molecule has 0 radical (unpaired) electrons. The first-order chi connectivity index (χ1) is 18.2. The molecular formula is C26H27N3O7S2. The van der Waals surface area contributed by atoms with E-state index in [0.29, 0.717) is 15.8 Å². The molecule has 0 unspecified atom stereocenters. The molecule has 200 valence electrons. The largest absolute Gasteiger partial charge is 0.465 e. The van der Waals surface area contributed by atoms with E-state index in [1.807, 2.05) is 0 Å². The van der Waals surface area contributed by atoms with Crippen molar-refractivity contribution in [2.24, 2.45) is 4.99 Å². The van der Waals surface area contributed by atoms with Gasteiger partial charge in [0, 0.05) is 18.7 Å². The molecule has 12 heteroatoms. The maximum Gasteiger partial charge on any atom is 0.337 e. The van der Waals surface area contributed by atoms with Crippen molar-refractivity contribution in [1.29, 1.82) is 0 Å². The molecule has 1 heterocycles. The minimum Gasteiger partial charge on any atom is -0.465 e. The third-order valence-corrected chi connectivity index (χ3v) is 8.19. The van der Waals surface area contributed by atoms with Crippen molar-refractivity contribution in [3.8, 4) is 0 Å². The lowest BCUT2D eigenvalue weighted by Gasteiger charge is -2.19. The molecule has 2 aromatic carbocycles. The van der Waals surface area contributed by atoms with E-state index >= 15 is 0 Å². The van der Waals surface area contributed by atoms with Gasteiger partial charge in [0.15, 0.2) is 4.80 Å². The van der Waals surface area contributed by atoms with Crippen LogP contribution in [-0.4, -0.2) is 61.9 Å². The number of thiazole rings is 1. The third-order valence-electron chi connectivity index (χ3n) is 5.30. The lowest BCUT2D eigenvalue weighted by atomic mass is 10.2. The third kappa shape index (κ3) is 6.33. The molecule has 0 bridgehead atoms. The molecule has 0 aliphatic carbocycles. The van der Waals surface area contributed by atoms with Crippen LogP contribution >= 0.6 is 11.3 Å². The molecule has 0 spiro atoms. The monoisotopic (exact) mass is 557 g/mol. The van der Waals surface area contributed by atoms with Crippen LogP contribution in [0.4, 0.5) is 0 Å². The Morgan fingerprint density at radius 1 is 1.05 bits per heavy atom. The first-order valence-electron chi connectivity index (χ1n) is 11.4. The van der Waals surface area contributed by atoms with Gasteiger partial charge in [-0.05, 0) is 49.4 Å². The van der Waals surface area contributed by atoms with Crippen LogP contribution in [-0.2, 0) is 30.8 Å². The van der Waals surface area contributed by atoms with Crippen molar-refractivity contribution in [1.82, 2.24) is 8.87 Å². The Morgan fingerprint density at radius 2 is 1.68 bits per heavy atom. The number of ether oxygens (including phenoxy) is 2. The fourth-order valence-corrected chi connectivity index (χ4v) is 5.97. The molecule has 3 rings (SSSR count). The number of sulfonamides is 1. The molecule has 0 aliphatic heterocycles. The lowest BCUT2D eigenvalue weighted by molar-refractivity contribution is -0.143. The molecule has 1 amide bonds. The van der Waals surface area contributed by atoms with Crippen LogP contribution in [0.1, 0.15) is 27.6 Å². The first-order valence-corrected chi connectivity index (χ1v) is 13.7. The van der Waals surface area contributed by atoms with Crippen LogP contribution in [0.25, 0.3) is 10.2 Å². The predicted octanol–water partition coefficient (Wildman–Crippen LogP) is 3.16. The van der Waals surface area contributed by atoms with E-state index in [0.717, 1.165) is 11.3 Å². The van der Waals surface area contributed by atoms with Gasteiger partial charge in [-0.1, -0.05) is 23.5 Å². The van der Waals surface area contributed by atoms with Gasteiger partial charge in [0.1, 0.15) is 6.54 Å². The lowest BCUT2D eigenvalue weighted by Crippen LogP contribution is -2.31. The van der Waals surface area contributed by atoms with Gasteiger partial charge in [-0.2, -0.15) is 9.30 Å². The summed E-state index contributed by atoms with van der Waals surface area (Å²) in [5, 5.41) is 0. The minimum atomic E-state index is -3.83. The zero-order valence-corrected chi connectivity index (χ0v) is 22.6. The molecule has 3 aromatic rings. The van der Waals surface area contributed by atoms with Gasteiger partial charge in [-0.3, -0.25) is 9.59 Å². The topological polar surface area (TPSA) is 124 Å². The number of carbonyl (C=O) groups is 3. The maximum absolute atomic E-state index is 13.0. The summed E-state index contributed by atoms with van der Waals surface area (Å²) < 4.78 is 39.0. The second kappa shape index (κ2) is 12.6. The molecule has 0 fully saturated rings. The summed E-state index contributed by atoms with van der Waals surface area (Å²) in [4.78, 5) is 41.6. The summed E-state index contributed by atoms with van der Waals surface area (Å²) in [5.74, 6) is -1.68. The Hall–Kier alpha value is -3.87. The summed E-state index contributed by atoms with van der Waals surface area (Å²) in [6.45, 7) is 9.05. The summed E-state index contributed by atoms with van der Waals surface area (Å²) in [6, 6.07) is 10.2. The van der Waals surface area contributed by atoms with Crippen molar-refractivity contribution in [2.75, 3.05) is 26.8 Å². The molecule has 0 saturated carbocycles. The average molecular weight is 558 g/mol. The average Bonchev–Trinajstić information content (AvgIpc) is 3.23. The van der Waals surface area contributed by atoms with Crippen LogP contribution in [0.2, 0.25) is 0 Å². The normalized spacial score (nSPS) is 11.9. The second-order valence-corrected chi connectivity index (χ2v) is 10.7. The fraction of sp³-hybridized carbons (Fsp3) is 0.231. The highest BCUT2D eigenvalue weighted by Crippen LogP contribution is 2.21. The molecular weight excluding hydrogens is 530 g/mol. The van der Waals surface area contributed by atoms with Gasteiger partial charge in [0.05, 0.1) is 34.4 Å². The number of carbonyl (C=O) groups excluding carboxylic acids is 3. The molecule has 38 heavy (non-hydrogen) atoms. The van der Waals surface area contributed by atoms with Gasteiger partial charge in [0.25, 0.3) is 5.91 Å². The number of fused-ring (bicyclic) bond motifs is 1. The zero-order chi connectivity index (χ0) is 27.9. The molecule has 0 N–H and O–H groups in total. The van der Waals surface area contributed by atoms with Crippen molar-refractivity contribution >= 4 is 49.4 Å². The molecule has 10 nitrogen and oxygen atoms in total. The Kier molecular flexibility index (Phi) is 9.50. The standard InChI is InChI=1S/C26H27N3O7S2/c1-5-14-28(15-6-2)38(33,34)20-11-8-18(9-12-20)24(31)27-26-29(17-23(30)36-7-3)21-13-10-19(25(32)35-4)16-22(21)37-26/h5-6,8-13,16H,1-2,7,14-15,17H2,3-4H3. The number of esters is 2. The summed E-state index contributed by atoms with van der Waals surface area (Å²) in [6.07, 6.45) is 2.95. The Labute approximate surface area is 224 Å². The van der Waals surface area contributed by atoms with E-state index in [4.69, 9.17) is 9.47 Å². The highest BCUT2D eigenvalue weighted by atomic mass is 32.2. The van der Waals surface area contributed by atoms with E-state index in [1.54, 1.807) is 25.1 Å². The van der Waals surface area contributed by atoms with E-state index in [2.05, 4.69) is 18.2 Å². The van der Waals surface area contributed by atoms with E-state index in [9.17, 15) is 22.8 Å².